The average molecular weight is 345 g/mol. The number of hydrogen-bond acceptors (Lipinski definition) is 2. The SMILES string of the molecule is CCc1ccc(CCC(=O)NC2CCN(C(=O)NC(C)C)CC2)cc1. The van der Waals surface area contributed by atoms with Gasteiger partial charge in [-0.3, -0.25) is 4.79 Å². The first-order chi connectivity index (χ1) is 12.0. The van der Waals surface area contributed by atoms with E-state index in [1.165, 1.54) is 11.1 Å². The molecule has 1 aromatic carbocycles. The maximum atomic E-state index is 12.2. The molecule has 0 aliphatic carbocycles. The Kier molecular flexibility index (Phi) is 7.29. The van der Waals surface area contributed by atoms with Crippen LogP contribution in [0.5, 0.6) is 0 Å². The summed E-state index contributed by atoms with van der Waals surface area (Å²) in [5.74, 6) is 0.102. The van der Waals surface area contributed by atoms with Gasteiger partial charge in [0.2, 0.25) is 5.91 Å². The van der Waals surface area contributed by atoms with Gasteiger partial charge in [0.1, 0.15) is 0 Å². The number of nitrogens with zero attached hydrogens (tertiary/aromatic N) is 1. The van der Waals surface area contributed by atoms with Crippen LogP contribution in [0.2, 0.25) is 0 Å². The van der Waals surface area contributed by atoms with Crippen molar-refractivity contribution in [3.8, 4) is 0 Å². The van der Waals surface area contributed by atoms with Crippen LogP contribution in [-0.2, 0) is 17.6 Å². The highest BCUT2D eigenvalue weighted by Crippen LogP contribution is 2.12. The first-order valence-corrected chi connectivity index (χ1v) is 9.40. The third-order valence-corrected chi connectivity index (χ3v) is 4.63. The number of likely N-dealkylation sites (tertiary alicyclic amines) is 1. The smallest absolute Gasteiger partial charge is 0.317 e. The second-order valence-corrected chi connectivity index (χ2v) is 7.10. The molecular formula is C20H31N3O2. The lowest BCUT2D eigenvalue weighted by Crippen LogP contribution is -2.50. The van der Waals surface area contributed by atoms with Gasteiger partial charge in [0.25, 0.3) is 0 Å². The molecule has 0 saturated carbocycles. The summed E-state index contributed by atoms with van der Waals surface area (Å²) in [7, 11) is 0. The minimum Gasteiger partial charge on any atom is -0.353 e. The molecule has 0 unspecified atom stereocenters. The third-order valence-electron chi connectivity index (χ3n) is 4.63. The molecule has 0 spiro atoms. The van der Waals surface area contributed by atoms with Gasteiger partial charge in [-0.25, -0.2) is 4.79 Å². The molecule has 0 atom stereocenters. The van der Waals surface area contributed by atoms with Crippen LogP contribution in [0.1, 0.15) is 51.2 Å². The fourth-order valence-corrected chi connectivity index (χ4v) is 3.06. The zero-order valence-electron chi connectivity index (χ0n) is 15.7. The van der Waals surface area contributed by atoms with Crippen molar-refractivity contribution < 1.29 is 9.59 Å². The van der Waals surface area contributed by atoms with E-state index in [0.717, 1.165) is 25.7 Å². The van der Waals surface area contributed by atoms with Crippen LogP contribution in [0, 0.1) is 0 Å². The number of hydrogen-bond donors (Lipinski definition) is 2. The van der Waals surface area contributed by atoms with E-state index in [4.69, 9.17) is 0 Å². The Balaban J connectivity index is 1.68. The minimum atomic E-state index is -0.00435. The van der Waals surface area contributed by atoms with Crippen molar-refractivity contribution in [3.05, 3.63) is 35.4 Å². The number of aryl methyl sites for hydroxylation is 2. The Hall–Kier alpha value is -2.04. The van der Waals surface area contributed by atoms with Gasteiger partial charge < -0.3 is 15.5 Å². The molecule has 25 heavy (non-hydrogen) atoms. The Morgan fingerprint density at radius 1 is 1.12 bits per heavy atom. The zero-order chi connectivity index (χ0) is 18.2. The van der Waals surface area contributed by atoms with E-state index >= 15 is 0 Å². The minimum absolute atomic E-state index is 0.00435. The summed E-state index contributed by atoms with van der Waals surface area (Å²) in [6.45, 7) is 7.45. The molecule has 2 N–H and O–H groups in total. The summed E-state index contributed by atoms with van der Waals surface area (Å²) in [6, 6.07) is 8.80. The van der Waals surface area contributed by atoms with Crippen LogP contribution in [0.15, 0.2) is 24.3 Å². The average Bonchev–Trinajstić information content (AvgIpc) is 2.60. The second-order valence-electron chi connectivity index (χ2n) is 7.10. The first-order valence-electron chi connectivity index (χ1n) is 9.40. The van der Waals surface area contributed by atoms with Gasteiger partial charge in [0.05, 0.1) is 0 Å². The fourth-order valence-electron chi connectivity index (χ4n) is 3.06. The monoisotopic (exact) mass is 345 g/mol. The fraction of sp³-hybridized carbons (Fsp3) is 0.600. The predicted octanol–water partition coefficient (Wildman–Crippen LogP) is 2.88. The van der Waals surface area contributed by atoms with Crippen molar-refractivity contribution in [2.45, 2.75) is 65.0 Å². The number of urea groups is 1. The van der Waals surface area contributed by atoms with Gasteiger partial charge in [-0.2, -0.15) is 0 Å². The Bertz CT molecular complexity index is 561. The lowest BCUT2D eigenvalue weighted by Gasteiger charge is -2.33. The highest BCUT2D eigenvalue weighted by atomic mass is 16.2. The van der Waals surface area contributed by atoms with Crippen molar-refractivity contribution in [1.82, 2.24) is 15.5 Å². The Labute approximate surface area is 151 Å². The van der Waals surface area contributed by atoms with E-state index in [9.17, 15) is 9.59 Å². The molecule has 1 saturated heterocycles. The van der Waals surface area contributed by atoms with Crippen LogP contribution >= 0.6 is 0 Å². The lowest BCUT2D eigenvalue weighted by molar-refractivity contribution is -0.122. The van der Waals surface area contributed by atoms with Crippen LogP contribution in [-0.4, -0.2) is 42.0 Å². The van der Waals surface area contributed by atoms with E-state index in [-0.39, 0.29) is 24.0 Å². The normalized spacial score (nSPS) is 15.3. The van der Waals surface area contributed by atoms with Gasteiger partial charge in [-0.1, -0.05) is 31.2 Å². The molecule has 3 amide bonds. The highest BCUT2D eigenvalue weighted by Gasteiger charge is 2.23. The van der Waals surface area contributed by atoms with Crippen molar-refractivity contribution in [3.63, 3.8) is 0 Å². The molecule has 5 nitrogen and oxygen atoms in total. The zero-order valence-corrected chi connectivity index (χ0v) is 15.7. The van der Waals surface area contributed by atoms with E-state index in [1.807, 2.05) is 18.7 Å². The standard InChI is InChI=1S/C20H31N3O2/c1-4-16-5-7-17(8-6-16)9-10-19(24)22-18-11-13-23(14-12-18)20(25)21-15(2)3/h5-8,15,18H,4,9-14H2,1-3H3,(H,21,25)(H,22,24). The Morgan fingerprint density at radius 3 is 2.28 bits per heavy atom. The van der Waals surface area contributed by atoms with Crippen molar-refractivity contribution in [2.75, 3.05) is 13.1 Å². The first kappa shape index (κ1) is 19.3. The number of benzene rings is 1. The molecule has 0 aromatic heterocycles. The largest absolute Gasteiger partial charge is 0.353 e. The number of carbonyl (C=O) groups is 2. The predicted molar refractivity (Wildman–Crippen MR) is 101 cm³/mol. The van der Waals surface area contributed by atoms with Crippen LogP contribution in [0.4, 0.5) is 4.79 Å². The van der Waals surface area contributed by atoms with E-state index in [0.29, 0.717) is 19.5 Å². The summed E-state index contributed by atoms with van der Waals surface area (Å²) >= 11 is 0. The van der Waals surface area contributed by atoms with Crippen LogP contribution in [0.25, 0.3) is 0 Å². The molecule has 0 radical (unpaired) electrons. The number of carbonyl (C=O) groups excluding carboxylic acids is 2. The van der Waals surface area contributed by atoms with E-state index in [2.05, 4.69) is 41.8 Å². The molecule has 1 heterocycles. The third kappa shape index (κ3) is 6.40. The molecule has 1 aliphatic rings. The molecular weight excluding hydrogens is 314 g/mol. The topological polar surface area (TPSA) is 61.4 Å². The summed E-state index contributed by atoms with van der Waals surface area (Å²) in [5, 5.41) is 6.03. The van der Waals surface area contributed by atoms with Crippen molar-refractivity contribution in [1.29, 1.82) is 0 Å². The highest BCUT2D eigenvalue weighted by molar-refractivity contribution is 5.77. The molecule has 0 bridgehead atoms. The number of piperidine rings is 1. The van der Waals surface area contributed by atoms with Gasteiger partial charge in [-0.15, -0.1) is 0 Å². The van der Waals surface area contributed by atoms with Gasteiger partial charge >= 0.3 is 6.03 Å². The lowest BCUT2D eigenvalue weighted by atomic mass is 10.0. The summed E-state index contributed by atoms with van der Waals surface area (Å²) in [6.07, 6.45) is 3.96. The summed E-state index contributed by atoms with van der Waals surface area (Å²) in [5.41, 5.74) is 2.52. The van der Waals surface area contributed by atoms with E-state index in [1.54, 1.807) is 0 Å². The second kappa shape index (κ2) is 9.44. The molecule has 1 fully saturated rings. The molecule has 1 aliphatic heterocycles. The van der Waals surface area contributed by atoms with Crippen LogP contribution in [0.3, 0.4) is 0 Å². The number of amides is 3. The van der Waals surface area contributed by atoms with Gasteiger partial charge in [0, 0.05) is 31.6 Å². The summed E-state index contributed by atoms with van der Waals surface area (Å²) in [4.78, 5) is 26.0. The quantitative estimate of drug-likeness (QED) is 0.833. The van der Waals surface area contributed by atoms with Crippen molar-refractivity contribution >= 4 is 11.9 Å². The maximum Gasteiger partial charge on any atom is 0.317 e. The molecule has 2 rings (SSSR count). The van der Waals surface area contributed by atoms with Gasteiger partial charge in [-0.05, 0) is 50.7 Å². The van der Waals surface area contributed by atoms with Crippen molar-refractivity contribution in [2.24, 2.45) is 0 Å². The Morgan fingerprint density at radius 2 is 1.72 bits per heavy atom. The maximum absolute atomic E-state index is 12.2. The molecule has 5 heteroatoms. The van der Waals surface area contributed by atoms with E-state index < -0.39 is 0 Å². The molecule has 138 valence electrons. The number of nitrogens with one attached hydrogen (secondary N) is 2. The van der Waals surface area contributed by atoms with Crippen LogP contribution < -0.4 is 10.6 Å². The molecule has 1 aromatic rings. The summed E-state index contributed by atoms with van der Waals surface area (Å²) < 4.78 is 0. The number of rotatable bonds is 6. The van der Waals surface area contributed by atoms with Gasteiger partial charge in [0.15, 0.2) is 0 Å².